The van der Waals surface area contributed by atoms with Crippen molar-refractivity contribution in [2.45, 2.75) is 32.4 Å². The number of nitrogens with zero attached hydrogens (tertiary/aromatic N) is 6. The van der Waals surface area contributed by atoms with Crippen LogP contribution in [0.3, 0.4) is 0 Å². The Bertz CT molecular complexity index is 840. The normalized spacial score (nSPS) is 17.4. The Labute approximate surface area is 198 Å². The van der Waals surface area contributed by atoms with Gasteiger partial charge in [0, 0.05) is 45.8 Å². The molecule has 0 saturated carbocycles. The molecule has 2 aromatic rings. The Kier molecular flexibility index (Phi) is 9.79. The van der Waals surface area contributed by atoms with Crippen LogP contribution in [0.4, 0.5) is 13.2 Å². The lowest BCUT2D eigenvalue weighted by atomic mass is 10.1. The van der Waals surface area contributed by atoms with Crippen molar-refractivity contribution in [3.8, 4) is 0 Å². The predicted octanol–water partition coefficient (Wildman–Crippen LogP) is 3.06. The van der Waals surface area contributed by atoms with Crippen LogP contribution >= 0.6 is 24.0 Å². The van der Waals surface area contributed by atoms with Crippen LogP contribution in [0.5, 0.6) is 0 Å². The molecular weight excluding hydrogens is 522 g/mol. The summed E-state index contributed by atoms with van der Waals surface area (Å²) in [6.07, 6.45) is 0.351. The van der Waals surface area contributed by atoms with Gasteiger partial charge in [-0.2, -0.15) is 13.2 Å². The quantitative estimate of drug-likeness (QED) is 0.236. The van der Waals surface area contributed by atoms with E-state index in [-0.39, 0.29) is 29.9 Å². The summed E-state index contributed by atoms with van der Waals surface area (Å²) in [4.78, 5) is 7.97. The minimum Gasteiger partial charge on any atom is -0.356 e. The first-order valence-electron chi connectivity index (χ1n) is 10.4. The van der Waals surface area contributed by atoms with Crippen LogP contribution in [-0.2, 0) is 6.42 Å². The standard InChI is InChI=1S/C20H30F3N7.HI/c1-3-28(15-20(21,22)23)13-16-9-12-29(14-16)19(24-2)25-10-6-8-18-27-26-17-7-4-5-11-30(17)18;/h4-5,7,11,16H,3,6,8-10,12-15H2,1-2H3,(H,24,25);1H. The highest BCUT2D eigenvalue weighted by Gasteiger charge is 2.32. The van der Waals surface area contributed by atoms with Crippen LogP contribution in [-0.4, -0.2) is 82.8 Å². The SMILES string of the molecule is CCN(CC1CCN(C(=NC)NCCCc2nnc3ccccn23)C1)CC(F)(F)F.I. The molecule has 1 atom stereocenters. The number of alkyl halides is 3. The van der Waals surface area contributed by atoms with Gasteiger partial charge in [-0.15, -0.1) is 34.2 Å². The summed E-state index contributed by atoms with van der Waals surface area (Å²) in [7, 11) is 1.74. The highest BCUT2D eigenvalue weighted by atomic mass is 127. The first kappa shape index (κ1) is 25.6. The van der Waals surface area contributed by atoms with E-state index in [0.717, 1.165) is 56.3 Å². The summed E-state index contributed by atoms with van der Waals surface area (Å²) in [5, 5.41) is 11.8. The Hall–Kier alpha value is -1.63. The van der Waals surface area contributed by atoms with Crippen molar-refractivity contribution in [2.24, 2.45) is 10.9 Å². The molecule has 1 unspecified atom stereocenters. The van der Waals surface area contributed by atoms with E-state index in [2.05, 4.69) is 25.4 Å². The van der Waals surface area contributed by atoms with E-state index in [0.29, 0.717) is 13.1 Å². The Morgan fingerprint density at radius 3 is 2.84 bits per heavy atom. The number of likely N-dealkylation sites (tertiary alicyclic amines) is 1. The molecule has 0 amide bonds. The third-order valence-electron chi connectivity index (χ3n) is 5.41. The number of hydrogen-bond acceptors (Lipinski definition) is 4. The van der Waals surface area contributed by atoms with Crippen LogP contribution in [0.15, 0.2) is 29.4 Å². The molecule has 0 radical (unpaired) electrons. The number of fused-ring (bicyclic) bond motifs is 1. The Morgan fingerprint density at radius 2 is 2.13 bits per heavy atom. The third-order valence-corrected chi connectivity index (χ3v) is 5.41. The molecule has 1 saturated heterocycles. The van der Waals surface area contributed by atoms with Gasteiger partial charge in [0.25, 0.3) is 0 Å². The van der Waals surface area contributed by atoms with E-state index in [1.807, 2.05) is 28.8 Å². The average Bonchev–Trinajstić information content (AvgIpc) is 3.34. The zero-order chi connectivity index (χ0) is 21.6. The number of aliphatic imine (C=N–C) groups is 1. The maximum atomic E-state index is 12.7. The first-order valence-corrected chi connectivity index (χ1v) is 10.4. The molecule has 174 valence electrons. The van der Waals surface area contributed by atoms with Gasteiger partial charge in [0.1, 0.15) is 5.82 Å². The molecule has 0 aliphatic carbocycles. The van der Waals surface area contributed by atoms with Gasteiger partial charge in [-0.1, -0.05) is 13.0 Å². The van der Waals surface area contributed by atoms with Gasteiger partial charge in [-0.25, -0.2) is 0 Å². The van der Waals surface area contributed by atoms with Crippen LogP contribution in [0.1, 0.15) is 25.6 Å². The number of aromatic nitrogens is 3. The van der Waals surface area contributed by atoms with Crippen molar-refractivity contribution in [1.82, 2.24) is 29.7 Å². The minimum atomic E-state index is -4.15. The van der Waals surface area contributed by atoms with Gasteiger partial charge in [0.2, 0.25) is 0 Å². The number of guanidine groups is 1. The summed E-state index contributed by atoms with van der Waals surface area (Å²) in [5.74, 6) is 1.95. The molecule has 0 aromatic carbocycles. The van der Waals surface area contributed by atoms with Crippen LogP contribution in [0.2, 0.25) is 0 Å². The van der Waals surface area contributed by atoms with Crippen molar-refractivity contribution >= 4 is 35.6 Å². The van der Waals surface area contributed by atoms with E-state index in [4.69, 9.17) is 0 Å². The van der Waals surface area contributed by atoms with Crippen molar-refractivity contribution in [2.75, 3.05) is 46.3 Å². The van der Waals surface area contributed by atoms with Crippen molar-refractivity contribution in [1.29, 1.82) is 0 Å². The summed E-state index contributed by atoms with van der Waals surface area (Å²) < 4.78 is 40.1. The molecule has 0 spiro atoms. The zero-order valence-electron chi connectivity index (χ0n) is 18.0. The molecule has 1 N–H and O–H groups in total. The predicted molar refractivity (Wildman–Crippen MR) is 126 cm³/mol. The topological polar surface area (TPSA) is 61.1 Å². The maximum absolute atomic E-state index is 12.7. The minimum absolute atomic E-state index is 0. The molecular formula is C20H31F3IN7. The van der Waals surface area contributed by atoms with Gasteiger partial charge in [-0.05, 0) is 37.4 Å². The van der Waals surface area contributed by atoms with E-state index in [1.54, 1.807) is 14.0 Å². The molecule has 7 nitrogen and oxygen atoms in total. The monoisotopic (exact) mass is 553 g/mol. The van der Waals surface area contributed by atoms with E-state index < -0.39 is 12.7 Å². The summed E-state index contributed by atoms with van der Waals surface area (Å²) in [6, 6.07) is 5.82. The molecule has 1 aliphatic heterocycles. The molecule has 31 heavy (non-hydrogen) atoms. The molecule has 0 bridgehead atoms. The molecule has 1 aliphatic rings. The van der Waals surface area contributed by atoms with E-state index >= 15 is 0 Å². The van der Waals surface area contributed by atoms with Gasteiger partial charge in [0.05, 0.1) is 6.54 Å². The van der Waals surface area contributed by atoms with Gasteiger partial charge < -0.3 is 10.2 Å². The number of hydrogen-bond donors (Lipinski definition) is 1. The highest BCUT2D eigenvalue weighted by Crippen LogP contribution is 2.21. The first-order chi connectivity index (χ1) is 14.4. The fourth-order valence-corrected chi connectivity index (χ4v) is 3.94. The summed E-state index contributed by atoms with van der Waals surface area (Å²) in [6.45, 7) is 4.07. The van der Waals surface area contributed by atoms with E-state index in [1.165, 1.54) is 4.90 Å². The van der Waals surface area contributed by atoms with Crippen LogP contribution < -0.4 is 5.32 Å². The third kappa shape index (κ3) is 7.48. The molecule has 3 rings (SSSR count). The summed E-state index contributed by atoms with van der Waals surface area (Å²) >= 11 is 0. The smallest absolute Gasteiger partial charge is 0.356 e. The fourth-order valence-electron chi connectivity index (χ4n) is 3.94. The lowest BCUT2D eigenvalue weighted by Crippen LogP contribution is -2.42. The fraction of sp³-hybridized carbons (Fsp3) is 0.650. The van der Waals surface area contributed by atoms with Crippen LogP contribution in [0.25, 0.3) is 5.65 Å². The van der Waals surface area contributed by atoms with Crippen LogP contribution in [0, 0.1) is 5.92 Å². The molecule has 1 fully saturated rings. The van der Waals surface area contributed by atoms with Crippen molar-refractivity contribution in [3.63, 3.8) is 0 Å². The number of nitrogens with one attached hydrogen (secondary N) is 1. The van der Waals surface area contributed by atoms with E-state index in [9.17, 15) is 13.2 Å². The highest BCUT2D eigenvalue weighted by molar-refractivity contribution is 14.0. The molecule has 2 aromatic heterocycles. The zero-order valence-corrected chi connectivity index (χ0v) is 20.3. The molecule has 11 heteroatoms. The second-order valence-corrected chi connectivity index (χ2v) is 7.67. The average molecular weight is 553 g/mol. The van der Waals surface area contributed by atoms with Gasteiger partial charge in [-0.3, -0.25) is 14.3 Å². The Balaban J connectivity index is 0.00000341. The number of rotatable bonds is 8. The largest absolute Gasteiger partial charge is 0.401 e. The Morgan fingerprint density at radius 1 is 1.32 bits per heavy atom. The lowest BCUT2D eigenvalue weighted by molar-refractivity contribution is -0.146. The lowest BCUT2D eigenvalue weighted by Gasteiger charge is -2.26. The second kappa shape index (κ2) is 11.8. The van der Waals surface area contributed by atoms with Crippen molar-refractivity contribution < 1.29 is 13.2 Å². The number of halogens is 4. The maximum Gasteiger partial charge on any atom is 0.401 e. The molecule has 3 heterocycles. The van der Waals surface area contributed by atoms with Crippen molar-refractivity contribution in [3.05, 3.63) is 30.2 Å². The number of aryl methyl sites for hydroxylation is 1. The van der Waals surface area contributed by atoms with Gasteiger partial charge in [0.15, 0.2) is 11.6 Å². The summed E-state index contributed by atoms with van der Waals surface area (Å²) in [5.41, 5.74) is 0.839. The second-order valence-electron chi connectivity index (χ2n) is 7.67. The van der Waals surface area contributed by atoms with Gasteiger partial charge >= 0.3 is 6.18 Å². The number of pyridine rings is 1.